The fraction of sp³-hybridized carbons (Fsp3) is 0.500. The van der Waals surface area contributed by atoms with Gasteiger partial charge in [0.2, 0.25) is 11.8 Å². The molecule has 250 valence electrons. The maximum Gasteiger partial charge on any atom is 0.330 e. The maximum absolute atomic E-state index is 13.6. The fourth-order valence-electron chi connectivity index (χ4n) is 4.45. The van der Waals surface area contributed by atoms with E-state index in [4.69, 9.17) is 9.47 Å². The second-order valence-corrected chi connectivity index (χ2v) is 12.4. The molecule has 0 saturated heterocycles. The van der Waals surface area contributed by atoms with Crippen LogP contribution in [-0.2, 0) is 28.7 Å². The number of hydrogen-bond donors (Lipinski definition) is 4. The van der Waals surface area contributed by atoms with Gasteiger partial charge in [-0.3, -0.25) is 29.1 Å². The van der Waals surface area contributed by atoms with Crippen LogP contribution in [0.2, 0.25) is 0 Å². The van der Waals surface area contributed by atoms with Crippen LogP contribution in [0.25, 0.3) is 11.4 Å². The quantitative estimate of drug-likeness (QED) is 0.234. The number of carbonyl (C=O) groups excluding carboxylic acids is 6. The van der Waals surface area contributed by atoms with Gasteiger partial charge in [0.25, 0.3) is 11.8 Å². The van der Waals surface area contributed by atoms with Crippen LogP contribution in [0.3, 0.4) is 0 Å². The van der Waals surface area contributed by atoms with E-state index in [9.17, 15) is 28.8 Å². The summed E-state index contributed by atoms with van der Waals surface area (Å²) in [5.41, 5.74) is -2.53. The number of hydrogen-bond acceptors (Lipinski definition) is 10. The molecule has 4 N–H and O–H groups in total. The highest BCUT2D eigenvalue weighted by Gasteiger charge is 2.37. The molecule has 0 unspecified atom stereocenters. The van der Waals surface area contributed by atoms with Crippen LogP contribution in [0, 0.1) is 11.8 Å². The van der Waals surface area contributed by atoms with Crippen molar-refractivity contribution in [1.82, 2.24) is 31.2 Å². The van der Waals surface area contributed by atoms with Crippen LogP contribution in [0.1, 0.15) is 76.1 Å². The Hall–Kier alpha value is -4.88. The van der Waals surface area contributed by atoms with E-state index in [0.29, 0.717) is 0 Å². The molecular formula is C32H44N6O8. The highest BCUT2D eigenvalue weighted by molar-refractivity contribution is 6.06. The smallest absolute Gasteiger partial charge is 0.330 e. The Morgan fingerprint density at radius 3 is 1.24 bits per heavy atom. The summed E-state index contributed by atoms with van der Waals surface area (Å²) in [7, 11) is 2.41. The van der Waals surface area contributed by atoms with Crippen molar-refractivity contribution in [1.29, 1.82) is 0 Å². The predicted molar refractivity (Wildman–Crippen MR) is 168 cm³/mol. The minimum atomic E-state index is -1.35. The molecule has 2 atom stereocenters. The molecule has 14 heteroatoms. The summed E-state index contributed by atoms with van der Waals surface area (Å²) in [5.74, 6) is -4.62. The van der Waals surface area contributed by atoms with Crippen molar-refractivity contribution in [2.24, 2.45) is 11.8 Å². The number of pyridine rings is 2. The summed E-state index contributed by atoms with van der Waals surface area (Å²) in [4.78, 5) is 86.5. The number of esters is 2. The van der Waals surface area contributed by atoms with Crippen molar-refractivity contribution >= 4 is 35.6 Å². The van der Waals surface area contributed by atoms with Crippen molar-refractivity contribution in [3.63, 3.8) is 0 Å². The molecule has 4 amide bonds. The van der Waals surface area contributed by atoms with Crippen molar-refractivity contribution in [3.8, 4) is 11.4 Å². The third-order valence-electron chi connectivity index (χ3n) is 7.06. The molecule has 2 heterocycles. The number of ether oxygens (including phenoxy) is 2. The fourth-order valence-corrected chi connectivity index (χ4v) is 4.45. The first kappa shape index (κ1) is 37.3. The van der Waals surface area contributed by atoms with Gasteiger partial charge in [-0.2, -0.15) is 0 Å². The second kappa shape index (κ2) is 15.4. The molecule has 0 radical (unpaired) electrons. The molecule has 2 aromatic rings. The molecule has 2 aromatic heterocycles. The van der Waals surface area contributed by atoms with Gasteiger partial charge in [-0.05, 0) is 63.8 Å². The summed E-state index contributed by atoms with van der Waals surface area (Å²) in [6.07, 6.45) is 2.85. The van der Waals surface area contributed by atoms with E-state index in [2.05, 4.69) is 31.2 Å². The molecule has 0 aliphatic heterocycles. The van der Waals surface area contributed by atoms with E-state index < -0.39 is 58.7 Å². The summed E-state index contributed by atoms with van der Waals surface area (Å²) < 4.78 is 9.51. The molecule has 2 rings (SSSR count). The van der Waals surface area contributed by atoms with E-state index in [1.54, 1.807) is 27.7 Å². The Balaban J connectivity index is 2.42. The van der Waals surface area contributed by atoms with Gasteiger partial charge in [-0.25, -0.2) is 9.59 Å². The maximum atomic E-state index is 13.6. The van der Waals surface area contributed by atoms with Gasteiger partial charge in [0, 0.05) is 12.4 Å². The Bertz CT molecular complexity index is 1360. The van der Waals surface area contributed by atoms with Crippen LogP contribution < -0.4 is 21.3 Å². The molecule has 0 spiro atoms. The van der Waals surface area contributed by atoms with Crippen LogP contribution in [0.15, 0.2) is 36.7 Å². The molecule has 0 aliphatic rings. The minimum Gasteiger partial charge on any atom is -0.467 e. The Morgan fingerprint density at radius 1 is 0.630 bits per heavy atom. The lowest BCUT2D eigenvalue weighted by Gasteiger charge is -2.28. The Labute approximate surface area is 268 Å². The van der Waals surface area contributed by atoms with Gasteiger partial charge in [0.05, 0.1) is 25.3 Å². The largest absolute Gasteiger partial charge is 0.467 e. The second-order valence-electron chi connectivity index (χ2n) is 12.4. The highest BCUT2D eigenvalue weighted by Crippen LogP contribution is 2.24. The minimum absolute atomic E-state index is 0.0268. The number of methoxy groups -OCH3 is 2. The Kier molecular flexibility index (Phi) is 12.5. The topological polar surface area (TPSA) is 195 Å². The first-order chi connectivity index (χ1) is 21.4. The lowest BCUT2D eigenvalue weighted by atomic mass is 9.98. The Morgan fingerprint density at radius 2 is 0.957 bits per heavy atom. The lowest BCUT2D eigenvalue weighted by molar-refractivity contribution is -0.150. The molecule has 14 nitrogen and oxygen atoms in total. The number of nitrogens with one attached hydrogen (secondary N) is 4. The first-order valence-corrected chi connectivity index (χ1v) is 14.7. The molecule has 0 aromatic carbocycles. The van der Waals surface area contributed by atoms with Gasteiger partial charge >= 0.3 is 11.9 Å². The van der Waals surface area contributed by atoms with Gasteiger partial charge in [0.15, 0.2) is 0 Å². The van der Waals surface area contributed by atoms with Gasteiger partial charge in [-0.15, -0.1) is 0 Å². The van der Waals surface area contributed by atoms with E-state index in [1.165, 1.54) is 78.6 Å². The third kappa shape index (κ3) is 9.08. The monoisotopic (exact) mass is 640 g/mol. The van der Waals surface area contributed by atoms with Crippen molar-refractivity contribution in [3.05, 3.63) is 47.8 Å². The zero-order valence-electron chi connectivity index (χ0n) is 27.9. The third-order valence-corrected chi connectivity index (χ3v) is 7.06. The standard InChI is InChI=1S/C32H44N6O8/c1-17(2)21(27(41)37-31(5,6)29(43)45-9)35-25(39)19-13-11-15-33-23(19)24-20(14-12-16-34-24)26(40)36-22(18(3)4)28(42)38-32(7,8)30(44)46-10/h11-18,21-22H,1-10H3,(H,35,39)(H,36,40)(H,37,41)(H,38,42)/t21-,22-/m0/s1. The SMILES string of the molecule is COC(=O)C(C)(C)NC(=O)[C@@H](NC(=O)c1cccnc1-c1ncccc1C(=O)N[C@H](C(=O)NC(C)(C)C(=O)OC)C(C)C)C(C)C. The average molecular weight is 641 g/mol. The van der Waals surface area contributed by atoms with Crippen molar-refractivity contribution in [2.75, 3.05) is 14.2 Å². The normalized spacial score (nSPS) is 12.9. The molecule has 0 bridgehead atoms. The lowest BCUT2D eigenvalue weighted by Crippen LogP contribution is -2.58. The van der Waals surface area contributed by atoms with Gasteiger partial charge in [-0.1, -0.05) is 27.7 Å². The van der Waals surface area contributed by atoms with E-state index in [1.807, 2.05) is 0 Å². The zero-order chi connectivity index (χ0) is 35.0. The number of aromatic nitrogens is 2. The summed E-state index contributed by atoms with van der Waals surface area (Å²) in [6, 6.07) is 3.90. The van der Waals surface area contributed by atoms with Crippen molar-refractivity contribution in [2.45, 2.75) is 78.6 Å². The first-order valence-electron chi connectivity index (χ1n) is 14.7. The van der Waals surface area contributed by atoms with Crippen molar-refractivity contribution < 1.29 is 38.2 Å². The van der Waals surface area contributed by atoms with E-state index in [0.717, 1.165) is 0 Å². The molecule has 0 fully saturated rings. The van der Waals surface area contributed by atoms with E-state index in [-0.39, 0.29) is 34.4 Å². The molecular weight excluding hydrogens is 596 g/mol. The van der Waals surface area contributed by atoms with Crippen LogP contribution >= 0.6 is 0 Å². The number of rotatable bonds is 13. The van der Waals surface area contributed by atoms with Gasteiger partial charge in [0.1, 0.15) is 34.5 Å². The number of carbonyl (C=O) groups is 6. The molecule has 0 saturated carbocycles. The van der Waals surface area contributed by atoms with Crippen LogP contribution in [0.4, 0.5) is 0 Å². The summed E-state index contributed by atoms with van der Waals surface area (Å²) in [5, 5.41) is 10.6. The summed E-state index contributed by atoms with van der Waals surface area (Å²) >= 11 is 0. The zero-order valence-corrected chi connectivity index (χ0v) is 27.9. The number of nitrogens with zero attached hydrogens (tertiary/aromatic N) is 2. The number of amides is 4. The molecule has 46 heavy (non-hydrogen) atoms. The van der Waals surface area contributed by atoms with Crippen LogP contribution in [-0.4, -0.2) is 82.9 Å². The highest BCUT2D eigenvalue weighted by atomic mass is 16.5. The molecule has 0 aliphatic carbocycles. The van der Waals surface area contributed by atoms with Crippen LogP contribution in [0.5, 0.6) is 0 Å². The summed E-state index contributed by atoms with van der Waals surface area (Å²) in [6.45, 7) is 12.9. The average Bonchev–Trinajstić information content (AvgIpc) is 3.00. The van der Waals surface area contributed by atoms with E-state index >= 15 is 0 Å². The van der Waals surface area contributed by atoms with Gasteiger partial charge < -0.3 is 30.7 Å². The predicted octanol–water partition coefficient (Wildman–Crippen LogP) is 1.79.